The van der Waals surface area contributed by atoms with Crippen molar-refractivity contribution in [3.63, 3.8) is 0 Å². The van der Waals surface area contributed by atoms with E-state index in [0.29, 0.717) is 5.65 Å². The second kappa shape index (κ2) is 11.7. The minimum atomic E-state index is 0.673. The van der Waals surface area contributed by atoms with Crippen LogP contribution in [0.5, 0.6) is 0 Å². The number of thiophene rings is 1. The van der Waals surface area contributed by atoms with Crippen molar-refractivity contribution in [2.75, 3.05) is 0 Å². The minimum absolute atomic E-state index is 0.673. The Balaban J connectivity index is 1.51. The predicted octanol–water partition coefficient (Wildman–Crippen LogP) is 8.69. The first-order valence-electron chi connectivity index (χ1n) is 13.4. The van der Waals surface area contributed by atoms with E-state index in [1.165, 1.54) is 21.0 Å². The molecule has 0 aromatic carbocycles. The zero-order chi connectivity index (χ0) is 27.4. The van der Waals surface area contributed by atoms with Crippen molar-refractivity contribution >= 4 is 39.0 Å². The molecule has 5 rings (SSSR count). The molecule has 0 saturated carbocycles. The van der Waals surface area contributed by atoms with Crippen molar-refractivity contribution in [1.82, 2.24) is 30.5 Å². The summed E-state index contributed by atoms with van der Waals surface area (Å²) in [7, 11) is 0. The zero-order valence-electron chi connectivity index (χ0n) is 22.9. The van der Waals surface area contributed by atoms with E-state index in [2.05, 4.69) is 106 Å². The van der Waals surface area contributed by atoms with Crippen molar-refractivity contribution in [2.45, 2.75) is 47.0 Å². The second-order valence-corrected chi connectivity index (χ2v) is 10.8. The third-order valence-corrected chi connectivity index (χ3v) is 7.88. The number of hydrogen-bond acceptors (Lipinski definition) is 5. The van der Waals surface area contributed by atoms with Gasteiger partial charge in [-0.2, -0.15) is 5.10 Å². The van der Waals surface area contributed by atoms with Crippen LogP contribution in [0.25, 0.3) is 49.5 Å². The molecule has 0 unspecified atom stereocenters. The summed E-state index contributed by atoms with van der Waals surface area (Å²) in [6.07, 6.45) is 15.3. The number of aromatic amines is 2. The highest BCUT2D eigenvalue weighted by Crippen LogP contribution is 2.36. The Morgan fingerprint density at radius 3 is 2.69 bits per heavy atom. The molecule has 0 radical (unpaired) electrons. The van der Waals surface area contributed by atoms with Gasteiger partial charge in [-0.3, -0.25) is 5.10 Å². The van der Waals surface area contributed by atoms with Gasteiger partial charge < -0.3 is 10.3 Å². The topological polar surface area (TPSA) is 82.3 Å². The van der Waals surface area contributed by atoms with Crippen LogP contribution in [0.1, 0.15) is 50.5 Å². The van der Waals surface area contributed by atoms with Crippen molar-refractivity contribution in [2.24, 2.45) is 0 Å². The van der Waals surface area contributed by atoms with Gasteiger partial charge in [0.05, 0.1) is 11.4 Å². The summed E-state index contributed by atoms with van der Waals surface area (Å²) in [5, 5.41) is 13.3. The van der Waals surface area contributed by atoms with Crippen LogP contribution in [0.3, 0.4) is 0 Å². The molecule has 0 spiro atoms. The highest BCUT2D eigenvalue weighted by Gasteiger charge is 2.16. The Morgan fingerprint density at radius 2 is 1.97 bits per heavy atom. The van der Waals surface area contributed by atoms with Crippen LogP contribution in [0.2, 0.25) is 0 Å². The maximum Gasteiger partial charge on any atom is 0.181 e. The number of aryl methyl sites for hydroxylation is 1. The monoisotopic (exact) mass is 534 g/mol. The Morgan fingerprint density at radius 1 is 1.10 bits per heavy atom. The summed E-state index contributed by atoms with van der Waals surface area (Å²) in [6, 6.07) is 10.7. The third-order valence-electron chi connectivity index (χ3n) is 6.84. The van der Waals surface area contributed by atoms with Gasteiger partial charge in [-0.1, -0.05) is 32.1 Å². The normalized spacial score (nSPS) is 13.0. The van der Waals surface area contributed by atoms with Gasteiger partial charge in [0.2, 0.25) is 0 Å². The lowest BCUT2D eigenvalue weighted by Crippen LogP contribution is -2.11. The smallest absolute Gasteiger partial charge is 0.181 e. The molecule has 0 aliphatic rings. The first-order chi connectivity index (χ1) is 19.0. The summed E-state index contributed by atoms with van der Waals surface area (Å²) in [4.78, 5) is 15.3. The van der Waals surface area contributed by atoms with Gasteiger partial charge in [-0.15, -0.1) is 11.3 Å². The van der Waals surface area contributed by atoms with Crippen molar-refractivity contribution < 1.29 is 0 Å². The highest BCUT2D eigenvalue weighted by molar-refractivity contribution is 7.15. The van der Waals surface area contributed by atoms with Crippen LogP contribution in [-0.4, -0.2) is 25.1 Å². The van der Waals surface area contributed by atoms with Crippen molar-refractivity contribution in [3.05, 3.63) is 95.4 Å². The van der Waals surface area contributed by atoms with Crippen LogP contribution in [-0.2, 0) is 0 Å². The van der Waals surface area contributed by atoms with E-state index in [-0.39, 0.29) is 0 Å². The van der Waals surface area contributed by atoms with Crippen LogP contribution in [0.4, 0.5) is 0 Å². The van der Waals surface area contributed by atoms with E-state index in [9.17, 15) is 0 Å². The fourth-order valence-electron chi connectivity index (χ4n) is 4.70. The van der Waals surface area contributed by atoms with Gasteiger partial charge in [0.15, 0.2) is 5.65 Å². The van der Waals surface area contributed by atoms with Gasteiger partial charge in [-0.25, -0.2) is 9.97 Å². The Labute approximate surface area is 233 Å². The molecule has 0 saturated heterocycles. The lowest BCUT2D eigenvalue weighted by Gasteiger charge is -2.12. The average molecular weight is 535 g/mol. The van der Waals surface area contributed by atoms with E-state index in [1.54, 1.807) is 11.3 Å². The minimum Gasteiger partial charge on any atom is -0.359 e. The molecule has 5 aromatic heterocycles. The number of nitrogens with one attached hydrogen (secondary N) is 3. The summed E-state index contributed by atoms with van der Waals surface area (Å²) in [6.45, 7) is 12.5. The van der Waals surface area contributed by atoms with E-state index >= 15 is 0 Å². The fraction of sp³-hybridized carbons (Fsp3) is 0.219. The number of H-pyrrole nitrogens is 2. The largest absolute Gasteiger partial charge is 0.359 e. The molecule has 5 aromatic rings. The van der Waals surface area contributed by atoms with E-state index in [1.807, 2.05) is 25.4 Å². The maximum atomic E-state index is 4.67. The van der Waals surface area contributed by atoms with E-state index < -0.39 is 0 Å². The first-order valence-corrected chi connectivity index (χ1v) is 14.2. The molecule has 39 heavy (non-hydrogen) atoms. The molecular weight excluding hydrogens is 500 g/mol. The van der Waals surface area contributed by atoms with E-state index in [4.69, 9.17) is 0 Å². The Kier molecular flexibility index (Phi) is 7.89. The predicted molar refractivity (Wildman–Crippen MR) is 165 cm³/mol. The number of hydrogen-bond donors (Lipinski definition) is 3. The average Bonchev–Trinajstić information content (AvgIpc) is 3.70. The molecule has 0 atom stereocenters. The number of unbranched alkanes of at least 4 members (excludes halogenated alkanes) is 1. The summed E-state index contributed by atoms with van der Waals surface area (Å²) >= 11 is 1.79. The molecule has 0 aliphatic heterocycles. The molecule has 3 N–H and O–H groups in total. The molecule has 6 nitrogen and oxygen atoms in total. The van der Waals surface area contributed by atoms with Gasteiger partial charge in [-0.05, 0) is 81.7 Å². The Bertz CT molecular complexity index is 1730. The zero-order valence-corrected chi connectivity index (χ0v) is 23.7. The second-order valence-electron chi connectivity index (χ2n) is 9.50. The summed E-state index contributed by atoms with van der Waals surface area (Å²) < 4.78 is 0. The molecular formula is C32H34N6S. The van der Waals surface area contributed by atoms with E-state index in [0.717, 1.165) is 63.9 Å². The Hall–Kier alpha value is -4.23. The number of aromatic nitrogens is 5. The number of nitrogens with zero attached hydrogens (tertiary/aromatic N) is 3. The molecule has 0 aliphatic carbocycles. The molecule has 5 heterocycles. The van der Waals surface area contributed by atoms with Crippen LogP contribution in [0.15, 0.2) is 85.0 Å². The molecule has 0 amide bonds. The van der Waals surface area contributed by atoms with Crippen molar-refractivity contribution in [1.29, 1.82) is 0 Å². The molecule has 0 fully saturated rings. The molecule has 198 valence electrons. The van der Waals surface area contributed by atoms with Crippen LogP contribution < -0.4 is 5.32 Å². The summed E-state index contributed by atoms with van der Waals surface area (Å²) in [5.74, 6) is 0. The quantitative estimate of drug-likeness (QED) is 0.157. The van der Waals surface area contributed by atoms with Gasteiger partial charge in [0, 0.05) is 55.4 Å². The lowest BCUT2D eigenvalue weighted by atomic mass is 10.0. The van der Waals surface area contributed by atoms with Gasteiger partial charge in [0.1, 0.15) is 5.65 Å². The SMILES string of the molecule is C=C/C(=C\C(=C/C)c1cnc2n[nH]c(-c3cc4c(-c5ccc(C)s5)ccnc4[nH]3)c2c1)N/C(=C\C)CCCC. The molecule has 7 heteroatoms. The standard InChI is InChI=1S/C32H34N6S/c1-6-10-11-23(8-3)35-24(9-4)16-21(7-2)22-17-27-30(37-38-32(27)34-19-22)28-18-26-25(14-15-33-31(26)36-28)29-13-12-20(5)39-29/h7-9,12-19,35H,4,6,10-11H2,1-3,5H3,(H,33,36)(H,34,37,38)/b21-7+,23-8-,24-16+. The number of pyridine rings is 2. The first kappa shape index (κ1) is 26.4. The lowest BCUT2D eigenvalue weighted by molar-refractivity contribution is 0.747. The number of allylic oxidation sites excluding steroid dienone is 6. The molecule has 0 bridgehead atoms. The fourth-order valence-corrected chi connectivity index (χ4v) is 5.60. The third kappa shape index (κ3) is 5.49. The van der Waals surface area contributed by atoms with Gasteiger partial charge in [0.25, 0.3) is 0 Å². The number of rotatable bonds is 10. The summed E-state index contributed by atoms with van der Waals surface area (Å²) in [5.41, 5.74) is 8.74. The number of fused-ring (bicyclic) bond motifs is 2. The highest BCUT2D eigenvalue weighted by atomic mass is 32.1. The van der Waals surface area contributed by atoms with Crippen LogP contribution in [0, 0.1) is 6.92 Å². The van der Waals surface area contributed by atoms with Crippen molar-refractivity contribution in [3.8, 4) is 21.8 Å². The van der Waals surface area contributed by atoms with Gasteiger partial charge >= 0.3 is 0 Å². The maximum absolute atomic E-state index is 4.67. The van der Waals surface area contributed by atoms with Crippen LogP contribution >= 0.6 is 11.3 Å².